The number of aliphatic hydroxyl groups excluding tert-OH is 1. The second kappa shape index (κ2) is 5.69. The average Bonchev–Trinajstić information content (AvgIpc) is 2.82. The van der Waals surface area contributed by atoms with E-state index in [2.05, 4.69) is 4.98 Å². The molecule has 4 heteroatoms. The number of benzene rings is 1. The van der Waals surface area contributed by atoms with Gasteiger partial charge in [0.2, 0.25) is 5.89 Å². The second-order valence-electron chi connectivity index (χ2n) is 4.15. The van der Waals surface area contributed by atoms with Gasteiger partial charge in [-0.2, -0.15) is 0 Å². The maximum absolute atomic E-state index is 9.66. The zero-order valence-electron chi connectivity index (χ0n) is 10.6. The Labute approximate surface area is 106 Å². The van der Waals surface area contributed by atoms with Crippen LogP contribution in [0.1, 0.15) is 36.7 Å². The van der Waals surface area contributed by atoms with Crippen LogP contribution in [0.15, 0.2) is 34.9 Å². The largest absolute Gasteiger partial charge is 0.484 e. The molecule has 2 aromatic rings. The van der Waals surface area contributed by atoms with Gasteiger partial charge in [0.1, 0.15) is 11.5 Å². The van der Waals surface area contributed by atoms with Crippen molar-refractivity contribution in [2.24, 2.45) is 0 Å². The van der Waals surface area contributed by atoms with Gasteiger partial charge >= 0.3 is 0 Å². The van der Waals surface area contributed by atoms with E-state index >= 15 is 0 Å². The lowest BCUT2D eigenvalue weighted by atomic mass is 10.1. The molecule has 0 fully saturated rings. The van der Waals surface area contributed by atoms with Crippen molar-refractivity contribution in [1.82, 2.24) is 4.98 Å². The van der Waals surface area contributed by atoms with Gasteiger partial charge in [-0.25, -0.2) is 4.98 Å². The summed E-state index contributed by atoms with van der Waals surface area (Å²) in [6.45, 7) is 4.10. The third-order valence-corrected chi connectivity index (χ3v) is 2.68. The minimum absolute atomic E-state index is 0.309. The van der Waals surface area contributed by atoms with E-state index in [0.29, 0.717) is 18.9 Å². The van der Waals surface area contributed by atoms with Gasteiger partial charge in [0, 0.05) is 0 Å². The SMILES string of the molecule is CCC(O)c1ccc(OCc2ncc(C)o2)cc1. The summed E-state index contributed by atoms with van der Waals surface area (Å²) in [5, 5.41) is 9.66. The highest BCUT2D eigenvalue weighted by atomic mass is 16.5. The second-order valence-corrected chi connectivity index (χ2v) is 4.15. The topological polar surface area (TPSA) is 55.5 Å². The molecular weight excluding hydrogens is 230 g/mol. The highest BCUT2D eigenvalue weighted by molar-refractivity contribution is 5.28. The van der Waals surface area contributed by atoms with Crippen molar-refractivity contribution in [3.63, 3.8) is 0 Å². The Hall–Kier alpha value is -1.81. The normalized spacial score (nSPS) is 12.4. The molecule has 0 aliphatic rings. The smallest absolute Gasteiger partial charge is 0.232 e. The molecule has 0 aliphatic carbocycles. The van der Waals surface area contributed by atoms with Crippen molar-refractivity contribution in [1.29, 1.82) is 0 Å². The number of hydrogen-bond acceptors (Lipinski definition) is 4. The summed E-state index contributed by atoms with van der Waals surface area (Å²) in [5.74, 6) is 2.07. The van der Waals surface area contributed by atoms with E-state index in [1.165, 1.54) is 0 Å². The Morgan fingerprint density at radius 1 is 1.33 bits per heavy atom. The summed E-state index contributed by atoms with van der Waals surface area (Å²) in [7, 11) is 0. The first-order valence-electron chi connectivity index (χ1n) is 6.01. The van der Waals surface area contributed by atoms with Crippen molar-refractivity contribution in [2.75, 3.05) is 0 Å². The fourth-order valence-electron chi connectivity index (χ4n) is 1.64. The molecular formula is C14H17NO3. The predicted molar refractivity (Wildman–Crippen MR) is 67.3 cm³/mol. The molecule has 0 radical (unpaired) electrons. The maximum atomic E-state index is 9.66. The van der Waals surface area contributed by atoms with E-state index in [0.717, 1.165) is 17.1 Å². The van der Waals surface area contributed by atoms with Gasteiger partial charge in [-0.3, -0.25) is 0 Å². The van der Waals surface area contributed by atoms with Gasteiger partial charge < -0.3 is 14.3 Å². The maximum Gasteiger partial charge on any atom is 0.232 e. The first-order chi connectivity index (χ1) is 8.69. The van der Waals surface area contributed by atoms with Crippen molar-refractivity contribution in [2.45, 2.75) is 33.0 Å². The van der Waals surface area contributed by atoms with Crippen LogP contribution < -0.4 is 4.74 Å². The van der Waals surface area contributed by atoms with Crippen LogP contribution in [-0.4, -0.2) is 10.1 Å². The van der Waals surface area contributed by atoms with E-state index in [9.17, 15) is 5.11 Å². The fraction of sp³-hybridized carbons (Fsp3) is 0.357. The van der Waals surface area contributed by atoms with Gasteiger partial charge in [-0.15, -0.1) is 0 Å². The van der Waals surface area contributed by atoms with Crippen molar-refractivity contribution in [3.05, 3.63) is 47.7 Å². The van der Waals surface area contributed by atoms with Crippen LogP contribution in [-0.2, 0) is 6.61 Å². The molecule has 4 nitrogen and oxygen atoms in total. The molecule has 1 N–H and O–H groups in total. The van der Waals surface area contributed by atoms with Crippen molar-refractivity contribution in [3.8, 4) is 5.75 Å². The number of oxazole rings is 1. The molecule has 0 amide bonds. The minimum atomic E-state index is -0.409. The molecule has 0 bridgehead atoms. The number of nitrogens with zero attached hydrogens (tertiary/aromatic N) is 1. The first kappa shape index (κ1) is 12.6. The van der Waals surface area contributed by atoms with Crippen LogP contribution in [0.25, 0.3) is 0 Å². The molecule has 1 atom stereocenters. The lowest BCUT2D eigenvalue weighted by Gasteiger charge is -2.09. The molecule has 0 spiro atoms. The van der Waals surface area contributed by atoms with Gasteiger partial charge in [-0.1, -0.05) is 19.1 Å². The van der Waals surface area contributed by atoms with E-state index in [1.54, 1.807) is 6.20 Å². The lowest BCUT2D eigenvalue weighted by Crippen LogP contribution is -1.97. The zero-order chi connectivity index (χ0) is 13.0. The predicted octanol–water partition coefficient (Wildman–Crippen LogP) is 3.01. The van der Waals surface area contributed by atoms with E-state index in [4.69, 9.17) is 9.15 Å². The van der Waals surface area contributed by atoms with Gasteiger partial charge in [0.05, 0.1) is 12.3 Å². The molecule has 1 heterocycles. The molecule has 18 heavy (non-hydrogen) atoms. The molecule has 1 unspecified atom stereocenters. The van der Waals surface area contributed by atoms with Crippen LogP contribution >= 0.6 is 0 Å². The molecule has 1 aromatic heterocycles. The molecule has 0 saturated heterocycles. The first-order valence-corrected chi connectivity index (χ1v) is 6.01. The number of hydrogen-bond donors (Lipinski definition) is 1. The third kappa shape index (κ3) is 3.11. The van der Waals surface area contributed by atoms with Gasteiger partial charge in [0.25, 0.3) is 0 Å². The number of aliphatic hydroxyl groups is 1. The monoisotopic (exact) mass is 247 g/mol. The van der Waals surface area contributed by atoms with Crippen LogP contribution in [0, 0.1) is 6.92 Å². The molecule has 0 aliphatic heterocycles. The minimum Gasteiger partial charge on any atom is -0.484 e. The van der Waals surface area contributed by atoms with Crippen LogP contribution in [0.2, 0.25) is 0 Å². The average molecular weight is 247 g/mol. The molecule has 1 aromatic carbocycles. The fourth-order valence-corrected chi connectivity index (χ4v) is 1.64. The summed E-state index contributed by atoms with van der Waals surface area (Å²) < 4.78 is 10.8. The highest BCUT2D eigenvalue weighted by Gasteiger charge is 2.05. The Morgan fingerprint density at radius 2 is 2.06 bits per heavy atom. The third-order valence-electron chi connectivity index (χ3n) is 2.68. The van der Waals surface area contributed by atoms with Crippen molar-refractivity contribution < 1.29 is 14.3 Å². The van der Waals surface area contributed by atoms with Crippen molar-refractivity contribution >= 4 is 0 Å². The summed E-state index contributed by atoms with van der Waals surface area (Å²) in [6, 6.07) is 7.41. The van der Waals surface area contributed by atoms with Gasteiger partial charge in [0.15, 0.2) is 6.61 Å². The van der Waals surface area contributed by atoms with Crippen LogP contribution in [0.4, 0.5) is 0 Å². The summed E-state index contributed by atoms with van der Waals surface area (Å²) >= 11 is 0. The van der Waals surface area contributed by atoms with Gasteiger partial charge in [-0.05, 0) is 31.0 Å². The Kier molecular flexibility index (Phi) is 3.99. The number of aromatic nitrogens is 1. The lowest BCUT2D eigenvalue weighted by molar-refractivity contribution is 0.173. The Morgan fingerprint density at radius 3 is 2.61 bits per heavy atom. The zero-order valence-corrected chi connectivity index (χ0v) is 10.6. The Bertz CT molecular complexity index is 490. The van der Waals surface area contributed by atoms with E-state index in [-0.39, 0.29) is 0 Å². The summed E-state index contributed by atoms with van der Waals surface area (Å²) in [4.78, 5) is 4.06. The summed E-state index contributed by atoms with van der Waals surface area (Å²) in [6.07, 6.45) is 1.96. The highest BCUT2D eigenvalue weighted by Crippen LogP contribution is 2.20. The molecule has 96 valence electrons. The number of ether oxygens (including phenoxy) is 1. The molecule has 0 saturated carbocycles. The van der Waals surface area contributed by atoms with E-state index in [1.807, 2.05) is 38.1 Å². The molecule has 2 rings (SSSR count). The number of aryl methyl sites for hydroxylation is 1. The number of rotatable bonds is 5. The van der Waals surface area contributed by atoms with Crippen LogP contribution in [0.3, 0.4) is 0 Å². The quantitative estimate of drug-likeness (QED) is 0.882. The Balaban J connectivity index is 1.94. The standard InChI is InChI=1S/C14H17NO3/c1-3-13(16)11-4-6-12(7-5-11)17-9-14-15-8-10(2)18-14/h4-8,13,16H,3,9H2,1-2H3. The van der Waals surface area contributed by atoms with Crippen LogP contribution in [0.5, 0.6) is 5.75 Å². The summed E-state index contributed by atoms with van der Waals surface area (Å²) in [5.41, 5.74) is 0.900. The van der Waals surface area contributed by atoms with E-state index < -0.39 is 6.10 Å².